The summed E-state index contributed by atoms with van der Waals surface area (Å²) in [4.78, 5) is 11.7. The number of rotatable bonds is 1. The van der Waals surface area contributed by atoms with Crippen molar-refractivity contribution in [1.29, 1.82) is 0 Å². The SMILES string of the molecule is O=C1NCCCN1C(O)O. The Balaban J connectivity index is 2.48. The van der Waals surface area contributed by atoms with Crippen LogP contribution in [0.25, 0.3) is 0 Å². The van der Waals surface area contributed by atoms with Crippen molar-refractivity contribution in [2.45, 2.75) is 12.8 Å². The van der Waals surface area contributed by atoms with Gasteiger partial charge in [0, 0.05) is 13.1 Å². The number of carbonyl (C=O) groups excluding carboxylic acids is 1. The number of urea groups is 1. The molecule has 5 heteroatoms. The van der Waals surface area contributed by atoms with Crippen molar-refractivity contribution >= 4 is 6.03 Å². The third-order valence-electron chi connectivity index (χ3n) is 1.39. The molecule has 2 amide bonds. The van der Waals surface area contributed by atoms with E-state index in [0.29, 0.717) is 13.1 Å². The lowest BCUT2D eigenvalue weighted by molar-refractivity contribution is -0.135. The lowest BCUT2D eigenvalue weighted by Gasteiger charge is -2.28. The molecule has 1 saturated heterocycles. The smallest absolute Gasteiger partial charge is 0.321 e. The second-order valence-electron chi connectivity index (χ2n) is 2.13. The van der Waals surface area contributed by atoms with Gasteiger partial charge in [-0.2, -0.15) is 0 Å². The Hall–Kier alpha value is -0.810. The minimum absolute atomic E-state index is 0.406. The molecule has 0 atom stereocenters. The van der Waals surface area contributed by atoms with E-state index in [9.17, 15) is 4.79 Å². The van der Waals surface area contributed by atoms with E-state index >= 15 is 0 Å². The highest BCUT2D eigenvalue weighted by Gasteiger charge is 2.21. The van der Waals surface area contributed by atoms with E-state index in [4.69, 9.17) is 10.2 Å². The van der Waals surface area contributed by atoms with Crippen LogP contribution in [-0.2, 0) is 0 Å². The quantitative estimate of drug-likeness (QED) is 0.401. The topological polar surface area (TPSA) is 72.8 Å². The van der Waals surface area contributed by atoms with Gasteiger partial charge in [0.15, 0.2) is 0 Å². The largest absolute Gasteiger partial charge is 0.351 e. The van der Waals surface area contributed by atoms with E-state index in [2.05, 4.69) is 5.32 Å². The summed E-state index contributed by atoms with van der Waals surface area (Å²) in [6.07, 6.45) is -0.913. The lowest BCUT2D eigenvalue weighted by Crippen LogP contribution is -2.51. The molecule has 58 valence electrons. The van der Waals surface area contributed by atoms with E-state index in [-0.39, 0.29) is 0 Å². The minimum Gasteiger partial charge on any atom is -0.351 e. The first-order valence-electron chi connectivity index (χ1n) is 3.12. The molecule has 3 N–H and O–H groups in total. The highest BCUT2D eigenvalue weighted by Crippen LogP contribution is 2.00. The maximum Gasteiger partial charge on any atom is 0.321 e. The molecule has 0 bridgehead atoms. The van der Waals surface area contributed by atoms with Crippen LogP contribution in [0.2, 0.25) is 0 Å². The summed E-state index contributed by atoms with van der Waals surface area (Å²) in [5.41, 5.74) is 0. The summed E-state index contributed by atoms with van der Waals surface area (Å²) in [6, 6.07) is -0.416. The fraction of sp³-hybridized carbons (Fsp3) is 0.800. The molecule has 0 aromatic rings. The van der Waals surface area contributed by atoms with Crippen LogP contribution in [-0.4, -0.2) is 40.6 Å². The maximum atomic E-state index is 10.7. The normalized spacial score (nSPS) is 19.5. The van der Waals surface area contributed by atoms with Crippen molar-refractivity contribution in [2.75, 3.05) is 13.1 Å². The molecule has 0 saturated carbocycles. The first-order valence-corrected chi connectivity index (χ1v) is 3.12. The van der Waals surface area contributed by atoms with Crippen molar-refractivity contribution < 1.29 is 15.0 Å². The van der Waals surface area contributed by atoms with E-state index < -0.39 is 12.4 Å². The molecule has 5 nitrogen and oxygen atoms in total. The molecule has 1 aliphatic rings. The molecular formula is C5H10N2O3. The van der Waals surface area contributed by atoms with Crippen molar-refractivity contribution in [2.24, 2.45) is 0 Å². The number of aliphatic hydroxyl groups excluding tert-OH is 1. The first-order chi connectivity index (χ1) is 4.72. The number of carbonyl (C=O) groups is 1. The van der Waals surface area contributed by atoms with Gasteiger partial charge in [-0.3, -0.25) is 4.90 Å². The van der Waals surface area contributed by atoms with Gasteiger partial charge in [-0.1, -0.05) is 0 Å². The van der Waals surface area contributed by atoms with Crippen LogP contribution in [0.4, 0.5) is 4.79 Å². The summed E-state index contributed by atoms with van der Waals surface area (Å²) in [7, 11) is 0. The van der Waals surface area contributed by atoms with E-state index in [1.54, 1.807) is 0 Å². The van der Waals surface area contributed by atoms with Crippen LogP contribution in [0.3, 0.4) is 0 Å². The lowest BCUT2D eigenvalue weighted by atomic mass is 10.3. The van der Waals surface area contributed by atoms with Gasteiger partial charge in [0.05, 0.1) is 0 Å². The molecule has 0 aromatic heterocycles. The van der Waals surface area contributed by atoms with Crippen molar-refractivity contribution in [3.05, 3.63) is 0 Å². The Morgan fingerprint density at radius 1 is 1.60 bits per heavy atom. The summed E-state index contributed by atoms with van der Waals surface area (Å²) >= 11 is 0. The zero-order valence-electron chi connectivity index (χ0n) is 5.45. The average Bonchev–Trinajstić information content (AvgIpc) is 1.88. The van der Waals surface area contributed by atoms with Gasteiger partial charge in [0.25, 0.3) is 0 Å². The third kappa shape index (κ3) is 1.37. The van der Waals surface area contributed by atoms with E-state index in [1.807, 2.05) is 0 Å². The van der Waals surface area contributed by atoms with Gasteiger partial charge in [-0.25, -0.2) is 4.79 Å². The molecule has 0 radical (unpaired) electrons. The number of amides is 2. The molecule has 0 unspecified atom stereocenters. The molecule has 1 aliphatic heterocycles. The van der Waals surface area contributed by atoms with Crippen LogP contribution < -0.4 is 5.32 Å². The molecule has 1 rings (SSSR count). The number of nitrogens with one attached hydrogen (secondary N) is 1. The fourth-order valence-electron chi connectivity index (χ4n) is 0.868. The van der Waals surface area contributed by atoms with Gasteiger partial charge < -0.3 is 15.5 Å². The zero-order valence-corrected chi connectivity index (χ0v) is 5.45. The fourth-order valence-corrected chi connectivity index (χ4v) is 0.868. The van der Waals surface area contributed by atoms with Gasteiger partial charge in [-0.05, 0) is 6.42 Å². The Labute approximate surface area is 58.3 Å². The Morgan fingerprint density at radius 2 is 2.30 bits per heavy atom. The number of hydrogen-bond donors (Lipinski definition) is 3. The molecule has 0 aliphatic carbocycles. The van der Waals surface area contributed by atoms with Crippen molar-refractivity contribution in [3.8, 4) is 0 Å². The first kappa shape index (κ1) is 7.30. The van der Waals surface area contributed by atoms with Crippen LogP contribution in [0.1, 0.15) is 6.42 Å². The number of hydrogen-bond acceptors (Lipinski definition) is 3. The van der Waals surface area contributed by atoms with Crippen LogP contribution in [0, 0.1) is 0 Å². The Morgan fingerprint density at radius 3 is 2.70 bits per heavy atom. The summed E-state index contributed by atoms with van der Waals surface area (Å²) in [5, 5.41) is 19.6. The third-order valence-corrected chi connectivity index (χ3v) is 1.39. The Kier molecular flexibility index (Phi) is 2.08. The predicted octanol–water partition coefficient (Wildman–Crippen LogP) is -1.33. The summed E-state index contributed by atoms with van der Waals surface area (Å²) in [6.45, 7) is 1.02. The molecule has 0 spiro atoms. The molecular weight excluding hydrogens is 136 g/mol. The zero-order chi connectivity index (χ0) is 7.56. The Bertz CT molecular complexity index is 137. The van der Waals surface area contributed by atoms with Gasteiger partial charge in [0.2, 0.25) is 6.41 Å². The van der Waals surface area contributed by atoms with Gasteiger partial charge in [-0.15, -0.1) is 0 Å². The number of aliphatic hydroxyl groups is 2. The monoisotopic (exact) mass is 146 g/mol. The molecule has 10 heavy (non-hydrogen) atoms. The standard InChI is InChI=1S/C5H10N2O3/c8-4-6-2-1-3-7(4)5(9)10/h5,9-10H,1-3H2,(H,6,8). The summed E-state index contributed by atoms with van der Waals surface area (Å²) < 4.78 is 0. The van der Waals surface area contributed by atoms with Crippen LogP contribution in [0.15, 0.2) is 0 Å². The van der Waals surface area contributed by atoms with E-state index in [1.165, 1.54) is 0 Å². The van der Waals surface area contributed by atoms with Crippen LogP contribution in [0.5, 0.6) is 0 Å². The predicted molar refractivity (Wildman–Crippen MR) is 32.9 cm³/mol. The summed E-state index contributed by atoms with van der Waals surface area (Å²) in [5.74, 6) is 0. The van der Waals surface area contributed by atoms with Crippen molar-refractivity contribution in [1.82, 2.24) is 10.2 Å². The average molecular weight is 146 g/mol. The van der Waals surface area contributed by atoms with Gasteiger partial charge in [0.1, 0.15) is 0 Å². The highest BCUT2D eigenvalue weighted by atomic mass is 16.5. The minimum atomic E-state index is -1.67. The van der Waals surface area contributed by atoms with E-state index in [0.717, 1.165) is 11.3 Å². The molecule has 0 aromatic carbocycles. The van der Waals surface area contributed by atoms with Crippen molar-refractivity contribution in [3.63, 3.8) is 0 Å². The number of nitrogens with zero attached hydrogens (tertiary/aromatic N) is 1. The molecule has 1 fully saturated rings. The highest BCUT2D eigenvalue weighted by molar-refractivity contribution is 5.74. The van der Waals surface area contributed by atoms with Gasteiger partial charge >= 0.3 is 6.03 Å². The second-order valence-corrected chi connectivity index (χ2v) is 2.13. The molecule has 1 heterocycles. The maximum absolute atomic E-state index is 10.7. The van der Waals surface area contributed by atoms with Crippen LogP contribution >= 0.6 is 0 Å². The second kappa shape index (κ2) is 2.85.